The minimum atomic E-state index is -0.225. The second kappa shape index (κ2) is 6.39. The highest BCUT2D eigenvalue weighted by atomic mass is 16.5. The molecule has 0 unspecified atom stereocenters. The number of hydrogen-bond donors (Lipinski definition) is 1. The van der Waals surface area contributed by atoms with Gasteiger partial charge in [-0.3, -0.25) is 4.79 Å². The SMILES string of the molecule is COc1ccccc1NC(=O)c1cccc(-c2noc(C3CC3)n2)c1. The van der Waals surface area contributed by atoms with Crippen LogP contribution in [0.2, 0.25) is 0 Å². The second-order valence-corrected chi connectivity index (χ2v) is 5.97. The van der Waals surface area contributed by atoms with Gasteiger partial charge in [0, 0.05) is 17.0 Å². The zero-order valence-corrected chi connectivity index (χ0v) is 13.7. The molecule has 6 heteroatoms. The predicted molar refractivity (Wildman–Crippen MR) is 92.7 cm³/mol. The van der Waals surface area contributed by atoms with Crippen molar-refractivity contribution in [1.29, 1.82) is 0 Å². The number of ether oxygens (including phenoxy) is 1. The fraction of sp³-hybridized carbons (Fsp3) is 0.211. The Bertz CT molecular complexity index is 916. The van der Waals surface area contributed by atoms with Crippen LogP contribution in [-0.2, 0) is 0 Å². The van der Waals surface area contributed by atoms with E-state index in [1.54, 1.807) is 37.4 Å². The van der Waals surface area contributed by atoms with Crippen LogP contribution in [0, 0.1) is 0 Å². The maximum Gasteiger partial charge on any atom is 0.255 e. The number of anilines is 1. The normalized spacial score (nSPS) is 13.5. The van der Waals surface area contributed by atoms with Gasteiger partial charge in [-0.05, 0) is 37.1 Å². The summed E-state index contributed by atoms with van der Waals surface area (Å²) >= 11 is 0. The van der Waals surface area contributed by atoms with Gasteiger partial charge in [-0.15, -0.1) is 0 Å². The Morgan fingerprint density at radius 3 is 2.84 bits per heavy atom. The molecule has 0 spiro atoms. The van der Waals surface area contributed by atoms with Crippen molar-refractivity contribution in [1.82, 2.24) is 10.1 Å². The molecule has 0 radical (unpaired) electrons. The maximum absolute atomic E-state index is 12.6. The first-order valence-corrected chi connectivity index (χ1v) is 8.13. The Kier molecular flexibility index (Phi) is 3.93. The third-order valence-corrected chi connectivity index (χ3v) is 4.11. The van der Waals surface area contributed by atoms with Gasteiger partial charge in [-0.25, -0.2) is 0 Å². The average Bonchev–Trinajstić information content (AvgIpc) is 3.39. The van der Waals surface area contributed by atoms with E-state index in [-0.39, 0.29) is 5.91 Å². The smallest absolute Gasteiger partial charge is 0.255 e. The molecule has 1 saturated carbocycles. The van der Waals surface area contributed by atoms with Crippen LogP contribution in [-0.4, -0.2) is 23.2 Å². The Balaban J connectivity index is 1.56. The molecule has 3 aromatic rings. The van der Waals surface area contributed by atoms with Crippen molar-refractivity contribution in [3.63, 3.8) is 0 Å². The molecule has 0 aliphatic heterocycles. The Labute approximate surface area is 144 Å². The molecule has 1 N–H and O–H groups in total. The van der Waals surface area contributed by atoms with Crippen LogP contribution in [0.25, 0.3) is 11.4 Å². The van der Waals surface area contributed by atoms with Crippen LogP contribution < -0.4 is 10.1 Å². The fourth-order valence-electron chi connectivity index (χ4n) is 2.59. The number of aromatic nitrogens is 2. The lowest BCUT2D eigenvalue weighted by molar-refractivity contribution is 0.102. The molecule has 1 aliphatic rings. The number of carbonyl (C=O) groups excluding carboxylic acids is 1. The molecule has 1 fully saturated rings. The summed E-state index contributed by atoms with van der Waals surface area (Å²) in [6.45, 7) is 0. The van der Waals surface area contributed by atoms with Crippen molar-refractivity contribution in [2.45, 2.75) is 18.8 Å². The van der Waals surface area contributed by atoms with Crippen molar-refractivity contribution in [3.8, 4) is 17.1 Å². The minimum absolute atomic E-state index is 0.225. The van der Waals surface area contributed by atoms with Crippen LogP contribution in [0.15, 0.2) is 53.1 Å². The number of carbonyl (C=O) groups is 1. The molecule has 1 aromatic heterocycles. The summed E-state index contributed by atoms with van der Waals surface area (Å²) in [6.07, 6.45) is 2.20. The fourth-order valence-corrected chi connectivity index (χ4v) is 2.59. The lowest BCUT2D eigenvalue weighted by Crippen LogP contribution is -2.12. The number of methoxy groups -OCH3 is 1. The van der Waals surface area contributed by atoms with Gasteiger partial charge in [0.2, 0.25) is 11.7 Å². The molecule has 4 rings (SSSR count). The third kappa shape index (κ3) is 3.24. The molecule has 2 aromatic carbocycles. The van der Waals surface area contributed by atoms with E-state index in [1.807, 2.05) is 18.2 Å². The number of rotatable bonds is 5. The molecule has 25 heavy (non-hydrogen) atoms. The Morgan fingerprint density at radius 2 is 2.04 bits per heavy atom. The molecular weight excluding hydrogens is 318 g/mol. The number of benzene rings is 2. The van der Waals surface area contributed by atoms with Crippen LogP contribution >= 0.6 is 0 Å². The molecule has 1 amide bonds. The number of nitrogens with one attached hydrogen (secondary N) is 1. The predicted octanol–water partition coefficient (Wildman–Crippen LogP) is 3.87. The highest BCUT2D eigenvalue weighted by molar-refractivity contribution is 6.05. The van der Waals surface area contributed by atoms with E-state index in [1.165, 1.54) is 0 Å². The highest BCUT2D eigenvalue weighted by Gasteiger charge is 2.29. The summed E-state index contributed by atoms with van der Waals surface area (Å²) in [5.74, 6) is 1.97. The Hall–Kier alpha value is -3.15. The quantitative estimate of drug-likeness (QED) is 0.766. The van der Waals surface area contributed by atoms with Crippen molar-refractivity contribution in [2.75, 3.05) is 12.4 Å². The summed E-state index contributed by atoms with van der Waals surface area (Å²) < 4.78 is 10.6. The zero-order chi connectivity index (χ0) is 17.2. The van der Waals surface area contributed by atoms with Gasteiger partial charge in [-0.1, -0.05) is 29.4 Å². The second-order valence-electron chi connectivity index (χ2n) is 5.97. The topological polar surface area (TPSA) is 77.2 Å². The number of hydrogen-bond acceptors (Lipinski definition) is 5. The van der Waals surface area contributed by atoms with Gasteiger partial charge in [0.15, 0.2) is 0 Å². The van der Waals surface area contributed by atoms with E-state index in [2.05, 4.69) is 15.5 Å². The van der Waals surface area contributed by atoms with Gasteiger partial charge in [0.25, 0.3) is 5.91 Å². The van der Waals surface area contributed by atoms with Gasteiger partial charge in [0.1, 0.15) is 5.75 Å². The van der Waals surface area contributed by atoms with E-state index >= 15 is 0 Å². The highest BCUT2D eigenvalue weighted by Crippen LogP contribution is 2.39. The number of amides is 1. The van der Waals surface area contributed by atoms with E-state index in [0.717, 1.165) is 18.4 Å². The van der Waals surface area contributed by atoms with Crippen molar-refractivity contribution < 1.29 is 14.1 Å². The summed E-state index contributed by atoms with van der Waals surface area (Å²) in [4.78, 5) is 17.0. The number of para-hydroxylation sites is 2. The lowest BCUT2D eigenvalue weighted by Gasteiger charge is -2.10. The van der Waals surface area contributed by atoms with Crippen molar-refractivity contribution >= 4 is 11.6 Å². The molecule has 0 saturated heterocycles. The summed E-state index contributed by atoms with van der Waals surface area (Å²) in [5, 5.41) is 6.88. The van der Waals surface area contributed by atoms with Crippen molar-refractivity contribution in [3.05, 3.63) is 60.0 Å². The van der Waals surface area contributed by atoms with Gasteiger partial charge in [-0.2, -0.15) is 4.98 Å². The van der Waals surface area contributed by atoms with Gasteiger partial charge >= 0.3 is 0 Å². The first-order valence-electron chi connectivity index (χ1n) is 8.13. The monoisotopic (exact) mass is 335 g/mol. The molecule has 126 valence electrons. The van der Waals surface area contributed by atoms with Crippen molar-refractivity contribution in [2.24, 2.45) is 0 Å². The van der Waals surface area contributed by atoms with Crippen LogP contribution in [0.3, 0.4) is 0 Å². The minimum Gasteiger partial charge on any atom is -0.495 e. The van der Waals surface area contributed by atoms with Crippen LogP contribution in [0.5, 0.6) is 5.75 Å². The van der Waals surface area contributed by atoms with E-state index in [4.69, 9.17) is 9.26 Å². The molecule has 1 aliphatic carbocycles. The molecule has 0 bridgehead atoms. The zero-order valence-electron chi connectivity index (χ0n) is 13.7. The van der Waals surface area contributed by atoms with Gasteiger partial charge < -0.3 is 14.6 Å². The molecule has 6 nitrogen and oxygen atoms in total. The van der Waals surface area contributed by atoms with E-state index in [0.29, 0.717) is 34.6 Å². The lowest BCUT2D eigenvalue weighted by atomic mass is 10.1. The standard InChI is InChI=1S/C19H17N3O3/c1-24-16-8-3-2-7-15(16)20-18(23)14-6-4-5-13(11-14)17-21-19(25-22-17)12-9-10-12/h2-8,11-12H,9-10H2,1H3,(H,20,23). The largest absolute Gasteiger partial charge is 0.495 e. The summed E-state index contributed by atoms with van der Waals surface area (Å²) in [7, 11) is 1.57. The molecular formula is C19H17N3O3. The van der Waals surface area contributed by atoms with E-state index < -0.39 is 0 Å². The first-order chi connectivity index (χ1) is 12.2. The number of nitrogens with zero attached hydrogens (tertiary/aromatic N) is 2. The summed E-state index contributed by atoms with van der Waals surface area (Å²) in [5.41, 5.74) is 1.89. The third-order valence-electron chi connectivity index (χ3n) is 4.11. The van der Waals surface area contributed by atoms with Crippen LogP contribution in [0.1, 0.15) is 35.0 Å². The molecule has 0 atom stereocenters. The first kappa shape index (κ1) is 15.4. The van der Waals surface area contributed by atoms with E-state index in [9.17, 15) is 4.79 Å². The van der Waals surface area contributed by atoms with Gasteiger partial charge in [0.05, 0.1) is 12.8 Å². The average molecular weight is 335 g/mol. The van der Waals surface area contributed by atoms with Crippen LogP contribution in [0.4, 0.5) is 5.69 Å². The molecule has 1 heterocycles. The summed E-state index contributed by atoms with van der Waals surface area (Å²) in [6, 6.07) is 14.5. The maximum atomic E-state index is 12.6. The Morgan fingerprint density at radius 1 is 1.20 bits per heavy atom.